The molecule has 2 aliphatic rings. The second kappa shape index (κ2) is 8.27. The molecule has 24 heavy (non-hydrogen) atoms. The number of rotatable bonds is 4. The van der Waals surface area contributed by atoms with E-state index in [-0.39, 0.29) is 18.4 Å². The van der Waals surface area contributed by atoms with Crippen LogP contribution in [0.1, 0.15) is 44.2 Å². The van der Waals surface area contributed by atoms with Crippen molar-refractivity contribution in [3.8, 4) is 0 Å². The number of piperidine rings is 1. The summed E-state index contributed by atoms with van der Waals surface area (Å²) in [5.74, 6) is 0.719. The molecular formula is C19H27N3O2. The van der Waals surface area contributed by atoms with Crippen molar-refractivity contribution in [1.82, 2.24) is 14.8 Å². The van der Waals surface area contributed by atoms with Crippen LogP contribution in [0.25, 0.3) is 0 Å². The monoisotopic (exact) mass is 329 g/mol. The van der Waals surface area contributed by atoms with Crippen LogP contribution in [0.15, 0.2) is 24.4 Å². The molecule has 5 nitrogen and oxygen atoms in total. The Balaban J connectivity index is 1.53. The summed E-state index contributed by atoms with van der Waals surface area (Å²) in [5.41, 5.74) is 1.10. The van der Waals surface area contributed by atoms with Crippen LogP contribution in [-0.4, -0.2) is 52.8 Å². The summed E-state index contributed by atoms with van der Waals surface area (Å²) >= 11 is 0. The van der Waals surface area contributed by atoms with Gasteiger partial charge in [0.1, 0.15) is 0 Å². The molecule has 1 aromatic rings. The quantitative estimate of drug-likeness (QED) is 0.851. The molecule has 3 rings (SSSR count). The van der Waals surface area contributed by atoms with Crippen molar-refractivity contribution in [3.63, 3.8) is 0 Å². The van der Waals surface area contributed by atoms with Crippen molar-refractivity contribution < 1.29 is 9.59 Å². The number of hydrogen-bond donors (Lipinski definition) is 0. The van der Waals surface area contributed by atoms with Crippen LogP contribution in [0.2, 0.25) is 0 Å². The van der Waals surface area contributed by atoms with E-state index in [1.165, 1.54) is 0 Å². The van der Waals surface area contributed by atoms with Gasteiger partial charge in [0.2, 0.25) is 11.8 Å². The van der Waals surface area contributed by atoms with E-state index >= 15 is 0 Å². The average Bonchev–Trinajstić information content (AvgIpc) is 2.81. The first-order valence-corrected chi connectivity index (χ1v) is 9.18. The maximum absolute atomic E-state index is 12.6. The molecule has 2 amide bonds. The highest BCUT2D eigenvalue weighted by molar-refractivity contribution is 5.85. The Morgan fingerprint density at radius 1 is 1.17 bits per heavy atom. The van der Waals surface area contributed by atoms with Crippen molar-refractivity contribution in [3.05, 3.63) is 30.1 Å². The lowest BCUT2D eigenvalue weighted by molar-refractivity contribution is -0.141. The summed E-state index contributed by atoms with van der Waals surface area (Å²) < 4.78 is 0. The highest BCUT2D eigenvalue weighted by Gasteiger charge is 2.27. The number of aromatic nitrogens is 1. The van der Waals surface area contributed by atoms with Gasteiger partial charge in [-0.2, -0.15) is 0 Å². The van der Waals surface area contributed by atoms with Crippen LogP contribution in [-0.2, 0) is 16.0 Å². The number of hydrogen-bond acceptors (Lipinski definition) is 3. The number of likely N-dealkylation sites (tertiary alicyclic amines) is 2. The van der Waals surface area contributed by atoms with Gasteiger partial charge in [-0.3, -0.25) is 14.6 Å². The van der Waals surface area contributed by atoms with Crippen molar-refractivity contribution in [2.24, 2.45) is 5.92 Å². The Kier molecular flexibility index (Phi) is 5.83. The van der Waals surface area contributed by atoms with Crippen LogP contribution in [0.3, 0.4) is 0 Å². The summed E-state index contributed by atoms with van der Waals surface area (Å²) in [6, 6.07) is 5.99. The minimum absolute atomic E-state index is 0.107. The first-order chi connectivity index (χ1) is 11.7. The van der Waals surface area contributed by atoms with Crippen molar-refractivity contribution in [2.45, 2.75) is 44.9 Å². The predicted molar refractivity (Wildman–Crippen MR) is 92.3 cm³/mol. The Morgan fingerprint density at radius 2 is 2.08 bits per heavy atom. The molecule has 0 N–H and O–H groups in total. The van der Waals surface area contributed by atoms with Crippen LogP contribution >= 0.6 is 0 Å². The third kappa shape index (κ3) is 4.56. The minimum atomic E-state index is 0.107. The molecule has 0 saturated carbocycles. The van der Waals surface area contributed by atoms with Gasteiger partial charge in [-0.15, -0.1) is 0 Å². The summed E-state index contributed by atoms with van der Waals surface area (Å²) in [6.45, 7) is 2.60. The molecule has 2 saturated heterocycles. The number of amides is 2. The maximum atomic E-state index is 12.6. The molecule has 0 bridgehead atoms. The molecule has 0 spiro atoms. The van der Waals surface area contributed by atoms with Gasteiger partial charge in [-0.05, 0) is 50.2 Å². The highest BCUT2D eigenvalue weighted by atomic mass is 16.2. The molecule has 3 heterocycles. The van der Waals surface area contributed by atoms with Gasteiger partial charge in [0.05, 0.1) is 6.54 Å². The Labute approximate surface area is 144 Å². The average molecular weight is 329 g/mol. The minimum Gasteiger partial charge on any atom is -0.341 e. The van der Waals surface area contributed by atoms with E-state index in [1.807, 2.05) is 23.2 Å². The van der Waals surface area contributed by atoms with Gasteiger partial charge in [0.25, 0.3) is 0 Å². The summed E-state index contributed by atoms with van der Waals surface area (Å²) in [7, 11) is 0. The Morgan fingerprint density at radius 3 is 2.92 bits per heavy atom. The fourth-order valence-electron chi connectivity index (χ4n) is 3.74. The van der Waals surface area contributed by atoms with Gasteiger partial charge in [0.15, 0.2) is 0 Å². The standard InChI is InChI=1S/C19H27N3O2/c23-18-9-2-1-5-11-22(18)15-19(24)21-12-6-7-16(14-21)13-17-8-3-4-10-20-17/h3-4,8,10,16H,1-2,5-7,9,11-15H2/t16-/m0/s1. The van der Waals surface area contributed by atoms with Gasteiger partial charge < -0.3 is 9.80 Å². The Hall–Kier alpha value is -1.91. The predicted octanol–water partition coefficient (Wildman–Crippen LogP) is 2.27. The number of pyridine rings is 1. The molecule has 1 aromatic heterocycles. The first-order valence-electron chi connectivity index (χ1n) is 9.18. The van der Waals surface area contributed by atoms with E-state index in [2.05, 4.69) is 11.1 Å². The van der Waals surface area contributed by atoms with Crippen LogP contribution < -0.4 is 0 Å². The fraction of sp³-hybridized carbons (Fsp3) is 0.632. The van der Waals surface area contributed by atoms with Gasteiger partial charge in [-0.1, -0.05) is 12.5 Å². The zero-order valence-corrected chi connectivity index (χ0v) is 14.3. The van der Waals surface area contributed by atoms with Crippen molar-refractivity contribution >= 4 is 11.8 Å². The SMILES string of the molecule is O=C1CCCCCN1CC(=O)N1CCC[C@@H](Cc2ccccn2)C1. The van der Waals surface area contributed by atoms with Gasteiger partial charge >= 0.3 is 0 Å². The molecule has 0 aliphatic carbocycles. The van der Waals surface area contributed by atoms with Crippen molar-refractivity contribution in [2.75, 3.05) is 26.2 Å². The molecule has 0 unspecified atom stereocenters. The number of nitrogens with zero attached hydrogens (tertiary/aromatic N) is 3. The lowest BCUT2D eigenvalue weighted by Crippen LogP contribution is -2.46. The summed E-state index contributed by atoms with van der Waals surface area (Å²) in [6.07, 6.45) is 8.59. The van der Waals surface area contributed by atoms with Crippen molar-refractivity contribution in [1.29, 1.82) is 0 Å². The first kappa shape index (κ1) is 16.9. The lowest BCUT2D eigenvalue weighted by Gasteiger charge is -2.34. The van der Waals surface area contributed by atoms with E-state index in [9.17, 15) is 9.59 Å². The molecule has 1 atom stereocenters. The van der Waals surface area contributed by atoms with Crippen LogP contribution in [0.4, 0.5) is 0 Å². The number of carbonyl (C=O) groups is 2. The molecule has 2 fully saturated rings. The normalized spacial score (nSPS) is 22.3. The number of carbonyl (C=O) groups excluding carboxylic acids is 2. The molecule has 5 heteroatoms. The third-order valence-electron chi connectivity index (χ3n) is 5.09. The van der Waals surface area contributed by atoms with Crippen LogP contribution in [0, 0.1) is 5.92 Å². The van der Waals surface area contributed by atoms with E-state index in [0.717, 1.165) is 63.9 Å². The zero-order chi connectivity index (χ0) is 16.8. The molecule has 2 aliphatic heterocycles. The van der Waals surface area contributed by atoms with E-state index in [1.54, 1.807) is 4.90 Å². The molecule has 130 valence electrons. The third-order valence-corrected chi connectivity index (χ3v) is 5.09. The van der Waals surface area contributed by atoms with E-state index in [4.69, 9.17) is 0 Å². The van der Waals surface area contributed by atoms with Gasteiger partial charge in [-0.25, -0.2) is 0 Å². The zero-order valence-electron chi connectivity index (χ0n) is 14.3. The summed E-state index contributed by atoms with van der Waals surface area (Å²) in [4.78, 5) is 32.8. The van der Waals surface area contributed by atoms with Gasteiger partial charge in [0, 0.05) is 37.9 Å². The smallest absolute Gasteiger partial charge is 0.242 e. The fourth-order valence-corrected chi connectivity index (χ4v) is 3.74. The van der Waals surface area contributed by atoms with Crippen LogP contribution in [0.5, 0.6) is 0 Å². The molecular weight excluding hydrogens is 302 g/mol. The highest BCUT2D eigenvalue weighted by Crippen LogP contribution is 2.21. The second-order valence-electron chi connectivity index (χ2n) is 7.00. The topological polar surface area (TPSA) is 53.5 Å². The molecule has 0 aromatic carbocycles. The summed E-state index contributed by atoms with van der Waals surface area (Å²) in [5, 5.41) is 0. The van der Waals surface area contributed by atoms with E-state index < -0.39 is 0 Å². The molecule has 0 radical (unpaired) electrons. The Bertz CT molecular complexity index is 561. The largest absolute Gasteiger partial charge is 0.341 e. The maximum Gasteiger partial charge on any atom is 0.242 e. The van der Waals surface area contributed by atoms with E-state index in [0.29, 0.717) is 12.3 Å². The second-order valence-corrected chi connectivity index (χ2v) is 7.00. The lowest BCUT2D eigenvalue weighted by atomic mass is 9.93.